The van der Waals surface area contributed by atoms with Crippen molar-refractivity contribution in [3.8, 4) is 0 Å². The zero-order chi connectivity index (χ0) is 14.6. The van der Waals surface area contributed by atoms with Gasteiger partial charge in [0.1, 0.15) is 5.76 Å². The van der Waals surface area contributed by atoms with Crippen LogP contribution in [0.15, 0.2) is 4.42 Å². The average molecular weight is 290 g/mol. The smallest absolute Gasteiger partial charge is 0.276 e. The number of carbonyl (C=O) groups excluding carboxylic acids is 1. The normalized spacial score (nSPS) is 27.7. The Hall–Kier alpha value is -1.36. The van der Waals surface area contributed by atoms with Gasteiger partial charge in [-0.15, -0.1) is 0 Å². The van der Waals surface area contributed by atoms with Crippen molar-refractivity contribution < 1.29 is 14.3 Å². The molecule has 3 aliphatic rings. The van der Waals surface area contributed by atoms with Crippen molar-refractivity contribution in [3.05, 3.63) is 17.3 Å². The van der Waals surface area contributed by atoms with Gasteiger partial charge in [-0.2, -0.15) is 0 Å². The van der Waals surface area contributed by atoms with Crippen LogP contribution in [0.25, 0.3) is 0 Å². The lowest BCUT2D eigenvalue weighted by Gasteiger charge is -2.54. The Morgan fingerprint density at radius 2 is 2.14 bits per heavy atom. The molecular formula is C16H22N2O3. The summed E-state index contributed by atoms with van der Waals surface area (Å²) < 4.78 is 5.68. The highest BCUT2D eigenvalue weighted by Crippen LogP contribution is 2.45. The summed E-state index contributed by atoms with van der Waals surface area (Å²) in [4.78, 5) is 19.3. The first-order chi connectivity index (χ1) is 10.1. The maximum atomic E-state index is 12.9. The van der Waals surface area contributed by atoms with Crippen LogP contribution in [-0.4, -0.2) is 39.1 Å². The lowest BCUT2D eigenvalue weighted by atomic mass is 9.69. The van der Waals surface area contributed by atoms with Crippen LogP contribution < -0.4 is 0 Å². The lowest BCUT2D eigenvalue weighted by molar-refractivity contribution is -0.0487. The van der Waals surface area contributed by atoms with Crippen LogP contribution in [0.4, 0.5) is 0 Å². The number of aliphatic hydroxyl groups is 1. The topological polar surface area (TPSA) is 66.6 Å². The number of amides is 1. The highest BCUT2D eigenvalue weighted by atomic mass is 16.4. The van der Waals surface area contributed by atoms with Gasteiger partial charge in [-0.05, 0) is 51.9 Å². The minimum atomic E-state index is -0.269. The van der Waals surface area contributed by atoms with Crippen molar-refractivity contribution in [2.75, 3.05) is 6.54 Å². The SMILES string of the molecule is Cc1oc(C2CC2)nc1C(=O)N1CCC(O)CC12CCC2. The summed E-state index contributed by atoms with van der Waals surface area (Å²) in [5, 5.41) is 9.95. The molecule has 4 rings (SSSR count). The van der Waals surface area contributed by atoms with Crippen molar-refractivity contribution >= 4 is 5.91 Å². The van der Waals surface area contributed by atoms with Crippen molar-refractivity contribution in [2.45, 2.75) is 69.4 Å². The number of rotatable bonds is 2. The second-order valence-corrected chi connectivity index (χ2v) is 6.91. The van der Waals surface area contributed by atoms with Gasteiger partial charge in [-0.3, -0.25) is 4.79 Å². The second kappa shape index (κ2) is 4.57. The molecule has 1 saturated heterocycles. The summed E-state index contributed by atoms with van der Waals surface area (Å²) in [6.07, 6.45) is 6.49. The van der Waals surface area contributed by atoms with Crippen LogP contribution in [0.5, 0.6) is 0 Å². The monoisotopic (exact) mass is 290 g/mol. The number of aliphatic hydroxyl groups excluding tert-OH is 1. The molecule has 0 aromatic carbocycles. The maximum Gasteiger partial charge on any atom is 0.276 e. The van der Waals surface area contributed by atoms with Crippen molar-refractivity contribution in [1.29, 1.82) is 0 Å². The van der Waals surface area contributed by atoms with E-state index >= 15 is 0 Å². The number of oxazole rings is 1. The largest absolute Gasteiger partial charge is 0.445 e. The maximum absolute atomic E-state index is 12.9. The zero-order valence-electron chi connectivity index (χ0n) is 12.5. The van der Waals surface area contributed by atoms with Crippen LogP contribution in [0.3, 0.4) is 0 Å². The number of hydrogen-bond donors (Lipinski definition) is 1. The van der Waals surface area contributed by atoms with E-state index in [1.54, 1.807) is 0 Å². The molecule has 1 aliphatic heterocycles. The summed E-state index contributed by atoms with van der Waals surface area (Å²) in [5.41, 5.74) is 0.361. The molecule has 2 aliphatic carbocycles. The van der Waals surface area contributed by atoms with E-state index in [1.807, 2.05) is 11.8 Å². The molecule has 5 heteroatoms. The number of aryl methyl sites for hydroxylation is 1. The molecule has 1 atom stereocenters. The Bertz CT molecular complexity index is 572. The van der Waals surface area contributed by atoms with E-state index in [0.29, 0.717) is 36.8 Å². The van der Waals surface area contributed by atoms with Gasteiger partial charge in [-0.1, -0.05) is 0 Å². The molecule has 2 saturated carbocycles. The molecule has 21 heavy (non-hydrogen) atoms. The number of hydrogen-bond acceptors (Lipinski definition) is 4. The fraction of sp³-hybridized carbons (Fsp3) is 0.750. The molecule has 2 heterocycles. The van der Waals surface area contributed by atoms with Crippen LogP contribution in [-0.2, 0) is 0 Å². The fourth-order valence-corrected chi connectivity index (χ4v) is 3.79. The van der Waals surface area contributed by atoms with E-state index in [-0.39, 0.29) is 17.6 Å². The molecule has 1 unspecified atom stereocenters. The zero-order valence-corrected chi connectivity index (χ0v) is 12.5. The van der Waals surface area contributed by atoms with E-state index in [2.05, 4.69) is 4.98 Å². The third-order valence-electron chi connectivity index (χ3n) is 5.35. The molecule has 1 aromatic heterocycles. The minimum absolute atomic E-state index is 0.00486. The standard InChI is InChI=1S/C16H22N2O3/c1-10-13(17-14(21-10)11-3-4-11)15(20)18-8-5-12(19)9-16(18)6-2-7-16/h11-12,19H,2-9H2,1H3. The van der Waals surface area contributed by atoms with Crippen LogP contribution in [0, 0.1) is 6.92 Å². The predicted octanol–water partition coefficient (Wildman–Crippen LogP) is 2.38. The number of piperidine rings is 1. The van der Waals surface area contributed by atoms with Gasteiger partial charge in [-0.25, -0.2) is 4.98 Å². The molecule has 114 valence electrons. The summed E-state index contributed by atoms with van der Waals surface area (Å²) in [6.45, 7) is 2.46. The Morgan fingerprint density at radius 1 is 1.38 bits per heavy atom. The molecule has 1 aromatic rings. The fourth-order valence-electron chi connectivity index (χ4n) is 3.79. The summed E-state index contributed by atoms with van der Waals surface area (Å²) in [6, 6.07) is 0. The van der Waals surface area contributed by atoms with Gasteiger partial charge in [0.2, 0.25) is 0 Å². The van der Waals surface area contributed by atoms with Crippen molar-refractivity contribution in [2.24, 2.45) is 0 Å². The molecule has 0 bridgehead atoms. The van der Waals surface area contributed by atoms with E-state index < -0.39 is 0 Å². The summed E-state index contributed by atoms with van der Waals surface area (Å²) in [7, 11) is 0. The first-order valence-electron chi connectivity index (χ1n) is 8.06. The number of nitrogens with zero attached hydrogens (tertiary/aromatic N) is 2. The highest BCUT2D eigenvalue weighted by Gasteiger charge is 2.49. The van der Waals surface area contributed by atoms with E-state index in [9.17, 15) is 9.90 Å². The van der Waals surface area contributed by atoms with Crippen molar-refractivity contribution in [1.82, 2.24) is 9.88 Å². The molecule has 0 radical (unpaired) electrons. The molecule has 1 amide bonds. The molecule has 3 fully saturated rings. The van der Waals surface area contributed by atoms with Crippen LogP contribution in [0.1, 0.15) is 73.0 Å². The predicted molar refractivity (Wildman–Crippen MR) is 76.1 cm³/mol. The third kappa shape index (κ3) is 2.09. The first-order valence-corrected chi connectivity index (χ1v) is 8.06. The number of aromatic nitrogens is 1. The summed E-state index contributed by atoms with van der Waals surface area (Å²) in [5.74, 6) is 1.79. The van der Waals surface area contributed by atoms with E-state index in [0.717, 1.165) is 38.0 Å². The Labute approximate surface area is 124 Å². The van der Waals surface area contributed by atoms with E-state index in [1.165, 1.54) is 0 Å². The average Bonchev–Trinajstić information content (AvgIpc) is 3.19. The van der Waals surface area contributed by atoms with Gasteiger partial charge < -0.3 is 14.4 Å². The molecule has 1 N–H and O–H groups in total. The molecule has 1 spiro atoms. The Kier molecular flexibility index (Phi) is 2.89. The van der Waals surface area contributed by atoms with Gasteiger partial charge in [0.25, 0.3) is 5.91 Å². The van der Waals surface area contributed by atoms with Gasteiger partial charge in [0.05, 0.1) is 6.10 Å². The Balaban J connectivity index is 1.61. The third-order valence-corrected chi connectivity index (χ3v) is 5.35. The minimum Gasteiger partial charge on any atom is -0.445 e. The van der Waals surface area contributed by atoms with Crippen LogP contribution in [0.2, 0.25) is 0 Å². The Morgan fingerprint density at radius 3 is 2.76 bits per heavy atom. The van der Waals surface area contributed by atoms with Crippen molar-refractivity contribution in [3.63, 3.8) is 0 Å². The molecular weight excluding hydrogens is 268 g/mol. The van der Waals surface area contributed by atoms with Crippen LogP contribution >= 0.6 is 0 Å². The number of carbonyl (C=O) groups is 1. The number of likely N-dealkylation sites (tertiary alicyclic amines) is 1. The van der Waals surface area contributed by atoms with Gasteiger partial charge in [0.15, 0.2) is 11.6 Å². The quantitative estimate of drug-likeness (QED) is 0.908. The first kappa shape index (κ1) is 13.3. The highest BCUT2D eigenvalue weighted by molar-refractivity contribution is 5.94. The molecule has 5 nitrogen and oxygen atoms in total. The van der Waals surface area contributed by atoms with Gasteiger partial charge in [0, 0.05) is 18.0 Å². The summed E-state index contributed by atoms with van der Waals surface area (Å²) >= 11 is 0. The second-order valence-electron chi connectivity index (χ2n) is 6.91. The van der Waals surface area contributed by atoms with Gasteiger partial charge >= 0.3 is 0 Å². The van der Waals surface area contributed by atoms with E-state index in [4.69, 9.17) is 4.42 Å². The lowest BCUT2D eigenvalue weighted by Crippen LogP contribution is -2.61.